The van der Waals surface area contributed by atoms with Crippen molar-refractivity contribution in [3.05, 3.63) is 29.8 Å². The van der Waals surface area contributed by atoms with E-state index in [1.807, 2.05) is 0 Å². The van der Waals surface area contributed by atoms with Crippen molar-refractivity contribution in [2.45, 2.75) is 45.6 Å². The Labute approximate surface area is 129 Å². The molecule has 118 valence electrons. The maximum atomic E-state index is 5.73. The molecular weight excluding hydrogens is 260 g/mol. The summed E-state index contributed by atoms with van der Waals surface area (Å²) in [6, 6.07) is 9.33. The predicted molar refractivity (Wildman–Crippen MR) is 90.0 cm³/mol. The minimum absolute atomic E-state index is 0.512. The van der Waals surface area contributed by atoms with Crippen molar-refractivity contribution in [1.82, 2.24) is 5.32 Å². The van der Waals surface area contributed by atoms with Crippen LogP contribution in [0.1, 0.15) is 51.1 Å². The number of hydrogen-bond donors (Lipinski definition) is 1. The molecule has 0 aromatic heterocycles. The number of benzene rings is 1. The van der Waals surface area contributed by atoms with Gasteiger partial charge in [-0.2, -0.15) is 0 Å². The highest BCUT2D eigenvalue weighted by atomic mass is 16.5. The second kappa shape index (κ2) is 9.06. The lowest BCUT2D eigenvalue weighted by molar-refractivity contribution is 0.136. The van der Waals surface area contributed by atoms with Crippen LogP contribution in [0.5, 0.6) is 0 Å². The minimum atomic E-state index is 0.512. The summed E-state index contributed by atoms with van der Waals surface area (Å²) in [4.78, 5) is 2.48. The number of nitrogens with zero attached hydrogens (tertiary/aromatic N) is 1. The van der Waals surface area contributed by atoms with Gasteiger partial charge in [0.1, 0.15) is 0 Å². The van der Waals surface area contributed by atoms with Crippen molar-refractivity contribution >= 4 is 5.69 Å². The van der Waals surface area contributed by atoms with Gasteiger partial charge in [-0.15, -0.1) is 0 Å². The van der Waals surface area contributed by atoms with Crippen molar-refractivity contribution in [2.24, 2.45) is 0 Å². The standard InChI is InChI=1S/C18H30N2O/c1-3-5-14-21-15-13-20-12-10-17(19-11-4-2)16-8-6-7-9-18(16)20/h6-9,17,19H,3-5,10-15H2,1-2H3. The third-order valence-corrected chi connectivity index (χ3v) is 4.13. The van der Waals surface area contributed by atoms with Crippen LogP contribution in [0.2, 0.25) is 0 Å². The van der Waals surface area contributed by atoms with Crippen molar-refractivity contribution < 1.29 is 4.74 Å². The summed E-state index contributed by atoms with van der Waals surface area (Å²) in [6.07, 6.45) is 4.75. The van der Waals surface area contributed by atoms with Gasteiger partial charge < -0.3 is 15.0 Å². The first-order chi connectivity index (χ1) is 10.4. The lowest BCUT2D eigenvalue weighted by atomic mass is 9.96. The Morgan fingerprint density at radius 1 is 1.19 bits per heavy atom. The van der Waals surface area contributed by atoms with Crippen LogP contribution >= 0.6 is 0 Å². The molecular formula is C18H30N2O. The Hall–Kier alpha value is -1.06. The molecule has 0 saturated heterocycles. The molecule has 1 heterocycles. The minimum Gasteiger partial charge on any atom is -0.380 e. The van der Waals surface area contributed by atoms with E-state index in [4.69, 9.17) is 4.74 Å². The summed E-state index contributed by atoms with van der Waals surface area (Å²) in [6.45, 7) is 9.37. The van der Waals surface area contributed by atoms with Crippen LogP contribution in [-0.2, 0) is 4.74 Å². The molecule has 0 amide bonds. The summed E-state index contributed by atoms with van der Waals surface area (Å²) in [7, 11) is 0. The topological polar surface area (TPSA) is 24.5 Å². The molecule has 1 N–H and O–H groups in total. The van der Waals surface area contributed by atoms with E-state index >= 15 is 0 Å². The summed E-state index contributed by atoms with van der Waals surface area (Å²) < 4.78 is 5.73. The van der Waals surface area contributed by atoms with E-state index in [2.05, 4.69) is 48.3 Å². The molecule has 1 aliphatic rings. The molecule has 0 bridgehead atoms. The van der Waals surface area contributed by atoms with E-state index in [-0.39, 0.29) is 0 Å². The number of unbranched alkanes of at least 4 members (excludes halogenated alkanes) is 1. The van der Waals surface area contributed by atoms with Crippen LogP contribution in [0.25, 0.3) is 0 Å². The summed E-state index contributed by atoms with van der Waals surface area (Å²) in [5.74, 6) is 0. The third-order valence-electron chi connectivity index (χ3n) is 4.13. The van der Waals surface area contributed by atoms with Gasteiger partial charge in [-0.3, -0.25) is 0 Å². The Balaban J connectivity index is 1.92. The van der Waals surface area contributed by atoms with Gasteiger partial charge >= 0.3 is 0 Å². The van der Waals surface area contributed by atoms with Gasteiger partial charge in [-0.1, -0.05) is 38.5 Å². The first-order valence-electron chi connectivity index (χ1n) is 8.51. The van der Waals surface area contributed by atoms with Crippen LogP contribution in [0.4, 0.5) is 5.69 Å². The van der Waals surface area contributed by atoms with E-state index < -0.39 is 0 Å². The van der Waals surface area contributed by atoms with Crippen LogP contribution in [0.15, 0.2) is 24.3 Å². The summed E-state index contributed by atoms with van der Waals surface area (Å²) in [5, 5.41) is 3.67. The number of para-hydroxylation sites is 1. The molecule has 0 radical (unpaired) electrons. The maximum absolute atomic E-state index is 5.73. The van der Waals surface area contributed by atoms with Gasteiger partial charge in [0.25, 0.3) is 0 Å². The first-order valence-corrected chi connectivity index (χ1v) is 8.51. The zero-order valence-corrected chi connectivity index (χ0v) is 13.6. The number of fused-ring (bicyclic) bond motifs is 1. The number of rotatable bonds is 9. The Morgan fingerprint density at radius 3 is 2.86 bits per heavy atom. The van der Waals surface area contributed by atoms with Gasteiger partial charge in [0.2, 0.25) is 0 Å². The van der Waals surface area contributed by atoms with E-state index in [0.29, 0.717) is 6.04 Å². The van der Waals surface area contributed by atoms with Gasteiger partial charge in [-0.05, 0) is 37.4 Å². The lowest BCUT2D eigenvalue weighted by Crippen LogP contribution is -2.37. The number of nitrogens with one attached hydrogen (secondary N) is 1. The van der Waals surface area contributed by atoms with E-state index in [9.17, 15) is 0 Å². The van der Waals surface area contributed by atoms with Crippen molar-refractivity contribution in [3.8, 4) is 0 Å². The van der Waals surface area contributed by atoms with Crippen molar-refractivity contribution in [1.29, 1.82) is 0 Å². The van der Waals surface area contributed by atoms with Crippen molar-refractivity contribution in [2.75, 3.05) is 37.7 Å². The maximum Gasteiger partial charge on any atom is 0.0641 e. The molecule has 21 heavy (non-hydrogen) atoms. The molecule has 0 aliphatic carbocycles. The molecule has 1 aromatic carbocycles. The molecule has 3 heteroatoms. The summed E-state index contributed by atoms with van der Waals surface area (Å²) in [5.41, 5.74) is 2.84. The van der Waals surface area contributed by atoms with Gasteiger partial charge in [0.15, 0.2) is 0 Å². The molecule has 2 rings (SSSR count). The smallest absolute Gasteiger partial charge is 0.0641 e. The molecule has 0 saturated carbocycles. The van der Waals surface area contributed by atoms with Crippen LogP contribution in [-0.4, -0.2) is 32.8 Å². The molecule has 1 aromatic rings. The lowest BCUT2D eigenvalue weighted by Gasteiger charge is -2.36. The highest BCUT2D eigenvalue weighted by Gasteiger charge is 2.23. The largest absolute Gasteiger partial charge is 0.380 e. The highest BCUT2D eigenvalue weighted by Crippen LogP contribution is 2.33. The van der Waals surface area contributed by atoms with Gasteiger partial charge in [0.05, 0.1) is 6.61 Å². The fourth-order valence-corrected chi connectivity index (χ4v) is 2.92. The van der Waals surface area contributed by atoms with Gasteiger partial charge in [-0.25, -0.2) is 0 Å². The predicted octanol–water partition coefficient (Wildman–Crippen LogP) is 3.75. The Morgan fingerprint density at radius 2 is 2.05 bits per heavy atom. The van der Waals surface area contributed by atoms with Crippen LogP contribution < -0.4 is 10.2 Å². The highest BCUT2D eigenvalue weighted by molar-refractivity contribution is 5.57. The fraction of sp³-hybridized carbons (Fsp3) is 0.667. The molecule has 0 fully saturated rings. The molecule has 1 atom stereocenters. The Kier molecular flexibility index (Phi) is 7.04. The number of ether oxygens (including phenoxy) is 1. The number of hydrogen-bond acceptors (Lipinski definition) is 3. The van der Waals surface area contributed by atoms with Gasteiger partial charge in [0, 0.05) is 31.4 Å². The Bertz CT molecular complexity index is 408. The molecule has 1 unspecified atom stereocenters. The van der Waals surface area contributed by atoms with Crippen molar-refractivity contribution in [3.63, 3.8) is 0 Å². The zero-order valence-electron chi connectivity index (χ0n) is 13.6. The van der Waals surface area contributed by atoms with E-state index in [1.165, 1.54) is 36.9 Å². The SMILES string of the molecule is CCCCOCCN1CCC(NCCC)c2ccccc21. The van der Waals surface area contributed by atoms with Crippen LogP contribution in [0, 0.1) is 0 Å². The molecule has 0 spiro atoms. The van der Waals surface area contributed by atoms with E-state index in [0.717, 1.165) is 32.8 Å². The fourth-order valence-electron chi connectivity index (χ4n) is 2.92. The normalized spacial score (nSPS) is 17.8. The quantitative estimate of drug-likeness (QED) is 0.701. The second-order valence-electron chi connectivity index (χ2n) is 5.81. The zero-order chi connectivity index (χ0) is 14.9. The van der Waals surface area contributed by atoms with Crippen LogP contribution in [0.3, 0.4) is 0 Å². The molecule has 3 nitrogen and oxygen atoms in total. The molecule has 1 aliphatic heterocycles. The second-order valence-corrected chi connectivity index (χ2v) is 5.81. The average molecular weight is 290 g/mol. The third kappa shape index (κ3) is 4.72. The first kappa shape index (κ1) is 16.3. The summed E-state index contributed by atoms with van der Waals surface area (Å²) >= 11 is 0. The van der Waals surface area contributed by atoms with E-state index in [1.54, 1.807) is 0 Å². The number of anilines is 1. The average Bonchev–Trinajstić information content (AvgIpc) is 2.53. The monoisotopic (exact) mass is 290 g/mol.